The number of benzene rings is 1. The Kier molecular flexibility index (Phi) is 7.19. The second kappa shape index (κ2) is 9.15. The van der Waals surface area contributed by atoms with Crippen LogP contribution in [0.4, 0.5) is 0 Å². The number of aromatic nitrogens is 2. The van der Waals surface area contributed by atoms with E-state index in [1.807, 2.05) is 42.2 Å². The van der Waals surface area contributed by atoms with Crippen molar-refractivity contribution in [3.63, 3.8) is 0 Å². The van der Waals surface area contributed by atoms with E-state index in [1.54, 1.807) is 7.05 Å². The molecule has 0 saturated heterocycles. The molecule has 0 saturated carbocycles. The Morgan fingerprint density at radius 2 is 2.12 bits per heavy atom. The summed E-state index contributed by atoms with van der Waals surface area (Å²) >= 11 is 6.10. The number of guanidine groups is 1. The van der Waals surface area contributed by atoms with Gasteiger partial charge in [0, 0.05) is 61.7 Å². The highest BCUT2D eigenvalue weighted by Crippen LogP contribution is 2.22. The standard InChI is InChI=1S/C18H22ClN5.HI/c1-20-18(23-10-13-6-8-24(2)12-13)21-7-5-14-11-22-17-4-3-15(19)9-16(14)17;/h3-4,6,8-9,11-12,22H,5,7,10H2,1-2H3,(H2,20,21,23);1H. The highest BCUT2D eigenvalue weighted by atomic mass is 127. The molecule has 0 aliphatic carbocycles. The molecular weight excluding hydrogens is 449 g/mol. The lowest BCUT2D eigenvalue weighted by Crippen LogP contribution is -2.37. The highest BCUT2D eigenvalue weighted by molar-refractivity contribution is 14.0. The van der Waals surface area contributed by atoms with E-state index in [0.717, 1.165) is 36.0 Å². The van der Waals surface area contributed by atoms with E-state index in [1.165, 1.54) is 16.5 Å². The van der Waals surface area contributed by atoms with E-state index in [0.29, 0.717) is 0 Å². The Labute approximate surface area is 169 Å². The molecule has 0 atom stereocenters. The van der Waals surface area contributed by atoms with Gasteiger partial charge in [-0.3, -0.25) is 4.99 Å². The number of nitrogens with one attached hydrogen (secondary N) is 3. The Hall–Kier alpha value is -1.67. The van der Waals surface area contributed by atoms with Crippen LogP contribution in [-0.2, 0) is 20.0 Å². The van der Waals surface area contributed by atoms with Gasteiger partial charge in [0.2, 0.25) is 0 Å². The van der Waals surface area contributed by atoms with Crippen LogP contribution in [0.25, 0.3) is 10.9 Å². The van der Waals surface area contributed by atoms with Crippen molar-refractivity contribution in [2.24, 2.45) is 12.0 Å². The number of aryl methyl sites for hydroxylation is 1. The molecule has 134 valence electrons. The molecule has 0 aliphatic rings. The van der Waals surface area contributed by atoms with Crippen LogP contribution in [0.5, 0.6) is 0 Å². The van der Waals surface area contributed by atoms with Crippen LogP contribution in [0.2, 0.25) is 5.02 Å². The average molecular weight is 472 g/mol. The highest BCUT2D eigenvalue weighted by Gasteiger charge is 2.05. The van der Waals surface area contributed by atoms with E-state index in [2.05, 4.69) is 32.9 Å². The molecule has 25 heavy (non-hydrogen) atoms. The van der Waals surface area contributed by atoms with Gasteiger partial charge >= 0.3 is 0 Å². The maximum Gasteiger partial charge on any atom is 0.191 e. The van der Waals surface area contributed by atoms with Gasteiger partial charge in [-0.05, 0) is 41.8 Å². The SMILES string of the molecule is CN=C(NCCc1c[nH]c2ccc(Cl)cc12)NCc1ccn(C)c1.I. The Bertz CT molecular complexity index is 852. The van der Waals surface area contributed by atoms with Gasteiger partial charge in [-0.25, -0.2) is 0 Å². The predicted octanol–water partition coefficient (Wildman–Crippen LogP) is 3.69. The normalized spacial score (nSPS) is 11.4. The molecule has 7 heteroatoms. The van der Waals surface area contributed by atoms with Crippen molar-refractivity contribution in [1.82, 2.24) is 20.2 Å². The number of nitrogens with zero attached hydrogens (tertiary/aromatic N) is 2. The van der Waals surface area contributed by atoms with Crippen LogP contribution in [0.3, 0.4) is 0 Å². The fraction of sp³-hybridized carbons (Fsp3) is 0.278. The third-order valence-corrected chi connectivity index (χ3v) is 4.23. The minimum atomic E-state index is 0. The number of aromatic amines is 1. The second-order valence-electron chi connectivity index (χ2n) is 5.79. The van der Waals surface area contributed by atoms with E-state index in [-0.39, 0.29) is 24.0 Å². The van der Waals surface area contributed by atoms with Crippen LogP contribution in [0.1, 0.15) is 11.1 Å². The summed E-state index contributed by atoms with van der Waals surface area (Å²) < 4.78 is 2.04. The maximum atomic E-state index is 6.10. The predicted molar refractivity (Wildman–Crippen MR) is 116 cm³/mol. The quantitative estimate of drug-likeness (QED) is 0.302. The number of rotatable bonds is 5. The van der Waals surface area contributed by atoms with Gasteiger partial charge in [0.15, 0.2) is 5.96 Å². The molecule has 3 N–H and O–H groups in total. The number of hydrogen-bond acceptors (Lipinski definition) is 1. The summed E-state index contributed by atoms with van der Waals surface area (Å²) in [7, 11) is 3.80. The average Bonchev–Trinajstić information content (AvgIpc) is 3.17. The van der Waals surface area contributed by atoms with Crippen molar-refractivity contribution in [1.29, 1.82) is 0 Å². The lowest BCUT2D eigenvalue weighted by molar-refractivity contribution is 0.794. The number of aliphatic imine (C=N–C) groups is 1. The molecule has 5 nitrogen and oxygen atoms in total. The van der Waals surface area contributed by atoms with Crippen molar-refractivity contribution in [3.8, 4) is 0 Å². The number of hydrogen-bond donors (Lipinski definition) is 3. The zero-order valence-corrected chi connectivity index (χ0v) is 17.4. The van der Waals surface area contributed by atoms with E-state index >= 15 is 0 Å². The number of fused-ring (bicyclic) bond motifs is 1. The Balaban J connectivity index is 0.00000225. The third kappa shape index (κ3) is 5.15. The van der Waals surface area contributed by atoms with Gasteiger partial charge in [0.05, 0.1) is 0 Å². The topological polar surface area (TPSA) is 57.1 Å². The van der Waals surface area contributed by atoms with Crippen molar-refractivity contribution in [2.45, 2.75) is 13.0 Å². The molecule has 3 rings (SSSR count). The van der Waals surface area contributed by atoms with Gasteiger partial charge in [-0.2, -0.15) is 0 Å². The third-order valence-electron chi connectivity index (χ3n) is 3.99. The fourth-order valence-corrected chi connectivity index (χ4v) is 2.92. The van der Waals surface area contributed by atoms with E-state index in [4.69, 9.17) is 11.6 Å². The lowest BCUT2D eigenvalue weighted by Gasteiger charge is -2.11. The van der Waals surface area contributed by atoms with Gasteiger partial charge in [-0.15, -0.1) is 24.0 Å². The van der Waals surface area contributed by atoms with Crippen LogP contribution in [-0.4, -0.2) is 29.1 Å². The first-order chi connectivity index (χ1) is 11.7. The molecule has 0 bridgehead atoms. The minimum absolute atomic E-state index is 0. The summed E-state index contributed by atoms with van der Waals surface area (Å²) in [5, 5.41) is 8.61. The summed E-state index contributed by atoms with van der Waals surface area (Å²) in [6.07, 6.45) is 7.07. The van der Waals surface area contributed by atoms with Crippen molar-refractivity contribution in [3.05, 3.63) is 59.0 Å². The summed E-state index contributed by atoms with van der Waals surface area (Å²) in [6, 6.07) is 8.01. The second-order valence-corrected chi connectivity index (χ2v) is 6.23. The van der Waals surface area contributed by atoms with Gasteiger partial charge in [0.1, 0.15) is 0 Å². The van der Waals surface area contributed by atoms with Crippen LogP contribution >= 0.6 is 35.6 Å². The molecule has 1 aromatic carbocycles. The van der Waals surface area contributed by atoms with Crippen molar-refractivity contribution < 1.29 is 0 Å². The van der Waals surface area contributed by atoms with Crippen LogP contribution in [0, 0.1) is 0 Å². The minimum Gasteiger partial charge on any atom is -0.361 e. The summed E-state index contributed by atoms with van der Waals surface area (Å²) in [4.78, 5) is 7.55. The summed E-state index contributed by atoms with van der Waals surface area (Å²) in [5.74, 6) is 0.803. The van der Waals surface area contributed by atoms with Crippen molar-refractivity contribution >= 4 is 52.4 Å². The summed E-state index contributed by atoms with van der Waals surface area (Å²) in [5.41, 5.74) is 3.59. The molecule has 0 unspecified atom stereocenters. The first-order valence-corrected chi connectivity index (χ1v) is 8.34. The molecule has 0 spiro atoms. The molecule has 2 aromatic heterocycles. The zero-order valence-electron chi connectivity index (χ0n) is 14.3. The Morgan fingerprint density at radius 1 is 1.28 bits per heavy atom. The Morgan fingerprint density at radius 3 is 2.84 bits per heavy atom. The molecule has 0 aliphatic heterocycles. The fourth-order valence-electron chi connectivity index (χ4n) is 2.74. The molecule has 2 heterocycles. The largest absolute Gasteiger partial charge is 0.361 e. The summed E-state index contributed by atoms with van der Waals surface area (Å²) in [6.45, 7) is 1.55. The van der Waals surface area contributed by atoms with Crippen LogP contribution < -0.4 is 10.6 Å². The first-order valence-electron chi connectivity index (χ1n) is 7.96. The zero-order chi connectivity index (χ0) is 16.9. The van der Waals surface area contributed by atoms with E-state index < -0.39 is 0 Å². The molecule has 0 fully saturated rings. The van der Waals surface area contributed by atoms with Gasteiger partial charge in [-0.1, -0.05) is 11.6 Å². The number of halogens is 2. The smallest absolute Gasteiger partial charge is 0.191 e. The molecule has 3 aromatic rings. The first kappa shape index (κ1) is 19.7. The monoisotopic (exact) mass is 471 g/mol. The number of H-pyrrole nitrogens is 1. The van der Waals surface area contributed by atoms with Gasteiger partial charge < -0.3 is 20.2 Å². The van der Waals surface area contributed by atoms with Crippen LogP contribution in [0.15, 0.2) is 47.8 Å². The maximum absolute atomic E-state index is 6.10. The van der Waals surface area contributed by atoms with E-state index in [9.17, 15) is 0 Å². The molecular formula is C18H23ClIN5. The molecule has 0 amide bonds. The molecule has 0 radical (unpaired) electrons. The van der Waals surface area contributed by atoms with Crippen molar-refractivity contribution in [2.75, 3.05) is 13.6 Å². The lowest BCUT2D eigenvalue weighted by atomic mass is 10.1. The van der Waals surface area contributed by atoms with Gasteiger partial charge in [0.25, 0.3) is 0 Å².